The molecule has 0 spiro atoms. The summed E-state index contributed by atoms with van der Waals surface area (Å²) in [5.74, 6) is 0. The number of benzene rings is 1. The Labute approximate surface area is 110 Å². The molecule has 0 aliphatic rings. The Bertz CT molecular complexity index is 487. The minimum atomic E-state index is -3.46. The summed E-state index contributed by atoms with van der Waals surface area (Å²) in [7, 11) is -3.46. The van der Waals surface area contributed by atoms with Crippen LogP contribution in [0.5, 0.6) is 0 Å². The van der Waals surface area contributed by atoms with E-state index in [0.29, 0.717) is 0 Å². The lowest BCUT2D eigenvalue weighted by Gasteiger charge is -2.27. The summed E-state index contributed by atoms with van der Waals surface area (Å²) < 4.78 is 26.6. The molecule has 3 N–H and O–H groups in total. The molecule has 0 radical (unpaired) electrons. The van der Waals surface area contributed by atoms with Crippen molar-refractivity contribution in [3.63, 3.8) is 0 Å². The van der Waals surface area contributed by atoms with Crippen LogP contribution >= 0.6 is 0 Å². The van der Waals surface area contributed by atoms with E-state index in [2.05, 4.69) is 4.72 Å². The third-order valence-corrected chi connectivity index (χ3v) is 4.38. The van der Waals surface area contributed by atoms with Crippen molar-refractivity contribution in [2.24, 2.45) is 11.1 Å². The molecular formula is C13H22N2O2S. The number of hydrogen-bond acceptors (Lipinski definition) is 3. The van der Waals surface area contributed by atoms with Crippen LogP contribution in [0.15, 0.2) is 29.2 Å². The highest BCUT2D eigenvalue weighted by molar-refractivity contribution is 7.89. The van der Waals surface area contributed by atoms with Crippen LogP contribution in [0.1, 0.15) is 26.3 Å². The monoisotopic (exact) mass is 270 g/mol. The van der Waals surface area contributed by atoms with Crippen molar-refractivity contribution in [2.75, 3.05) is 6.54 Å². The number of nitrogens with two attached hydrogens (primary N) is 1. The van der Waals surface area contributed by atoms with Crippen LogP contribution in [-0.2, 0) is 10.0 Å². The first-order valence-electron chi connectivity index (χ1n) is 5.95. The Balaban J connectivity index is 2.75. The Morgan fingerprint density at radius 1 is 1.22 bits per heavy atom. The molecule has 5 heteroatoms. The van der Waals surface area contributed by atoms with Gasteiger partial charge in [0, 0.05) is 12.6 Å². The van der Waals surface area contributed by atoms with Crippen LogP contribution in [0.25, 0.3) is 0 Å². The van der Waals surface area contributed by atoms with E-state index in [1.807, 2.05) is 27.7 Å². The summed E-state index contributed by atoms with van der Waals surface area (Å²) >= 11 is 0. The highest BCUT2D eigenvalue weighted by Crippen LogP contribution is 2.17. The van der Waals surface area contributed by atoms with E-state index in [9.17, 15) is 8.42 Å². The second-order valence-corrected chi connectivity index (χ2v) is 7.40. The molecule has 0 heterocycles. The minimum Gasteiger partial charge on any atom is -0.326 e. The van der Waals surface area contributed by atoms with E-state index in [1.165, 1.54) is 0 Å². The van der Waals surface area contributed by atoms with Gasteiger partial charge in [-0.15, -0.1) is 0 Å². The SMILES string of the molecule is Cc1ccc(S(=O)(=O)NC[C@@H](N)C(C)(C)C)cc1. The minimum absolute atomic E-state index is 0.129. The van der Waals surface area contributed by atoms with Crippen molar-refractivity contribution in [1.82, 2.24) is 4.72 Å². The summed E-state index contributed by atoms with van der Waals surface area (Å²) in [5, 5.41) is 0. The molecule has 102 valence electrons. The largest absolute Gasteiger partial charge is 0.326 e. The molecule has 0 fully saturated rings. The molecule has 0 saturated heterocycles. The first kappa shape index (κ1) is 15.1. The molecule has 0 aliphatic heterocycles. The van der Waals surface area contributed by atoms with Crippen molar-refractivity contribution >= 4 is 10.0 Å². The van der Waals surface area contributed by atoms with Crippen molar-refractivity contribution in [3.05, 3.63) is 29.8 Å². The Morgan fingerprint density at radius 3 is 2.17 bits per heavy atom. The standard InChI is InChI=1S/C13H22N2O2S/c1-10-5-7-11(8-6-10)18(16,17)15-9-12(14)13(2,3)4/h5-8,12,15H,9,14H2,1-4H3/t12-/m1/s1. The van der Waals surface area contributed by atoms with E-state index in [0.717, 1.165) is 5.56 Å². The van der Waals surface area contributed by atoms with Crippen LogP contribution in [0.4, 0.5) is 0 Å². The van der Waals surface area contributed by atoms with E-state index < -0.39 is 10.0 Å². The van der Waals surface area contributed by atoms with Gasteiger partial charge in [0.2, 0.25) is 10.0 Å². The number of sulfonamides is 1. The second-order valence-electron chi connectivity index (χ2n) is 5.64. The Morgan fingerprint density at radius 2 is 1.72 bits per heavy atom. The van der Waals surface area contributed by atoms with Gasteiger partial charge >= 0.3 is 0 Å². The first-order chi connectivity index (χ1) is 8.13. The zero-order chi connectivity index (χ0) is 14.0. The first-order valence-corrected chi connectivity index (χ1v) is 7.43. The normalized spacial score (nSPS) is 14.5. The maximum absolute atomic E-state index is 12.0. The lowest BCUT2D eigenvalue weighted by Crippen LogP contribution is -2.45. The van der Waals surface area contributed by atoms with Crippen molar-refractivity contribution in [2.45, 2.75) is 38.6 Å². The van der Waals surface area contributed by atoms with E-state index >= 15 is 0 Å². The van der Waals surface area contributed by atoms with E-state index in [4.69, 9.17) is 5.73 Å². The molecule has 0 amide bonds. The maximum Gasteiger partial charge on any atom is 0.240 e. The van der Waals surface area contributed by atoms with Gasteiger partial charge in [0.15, 0.2) is 0 Å². The van der Waals surface area contributed by atoms with Gasteiger partial charge in [0.25, 0.3) is 0 Å². The summed E-state index contributed by atoms with van der Waals surface area (Å²) in [6, 6.07) is 6.52. The second kappa shape index (κ2) is 5.38. The zero-order valence-corrected chi connectivity index (χ0v) is 12.2. The lowest BCUT2D eigenvalue weighted by atomic mass is 9.88. The lowest BCUT2D eigenvalue weighted by molar-refractivity contribution is 0.320. The molecule has 0 bridgehead atoms. The fourth-order valence-corrected chi connectivity index (χ4v) is 2.37. The van der Waals surface area contributed by atoms with Gasteiger partial charge in [-0.05, 0) is 24.5 Å². The molecular weight excluding hydrogens is 248 g/mol. The molecule has 1 aromatic rings. The van der Waals surface area contributed by atoms with E-state index in [-0.39, 0.29) is 22.9 Å². The van der Waals surface area contributed by atoms with Crippen LogP contribution in [-0.4, -0.2) is 21.0 Å². The van der Waals surface area contributed by atoms with Crippen LogP contribution in [0.3, 0.4) is 0 Å². The molecule has 1 atom stereocenters. The summed E-state index contributed by atoms with van der Waals surface area (Å²) in [5.41, 5.74) is 6.83. The average Bonchev–Trinajstić information content (AvgIpc) is 2.25. The topological polar surface area (TPSA) is 72.2 Å². The van der Waals surface area contributed by atoms with Crippen molar-refractivity contribution < 1.29 is 8.42 Å². The average molecular weight is 270 g/mol. The summed E-state index contributed by atoms with van der Waals surface area (Å²) in [4.78, 5) is 0.272. The summed E-state index contributed by atoms with van der Waals surface area (Å²) in [6.07, 6.45) is 0. The van der Waals surface area contributed by atoms with Crippen molar-refractivity contribution in [1.29, 1.82) is 0 Å². The highest BCUT2D eigenvalue weighted by Gasteiger charge is 2.23. The van der Waals surface area contributed by atoms with Gasteiger partial charge in [0.05, 0.1) is 4.90 Å². The molecule has 18 heavy (non-hydrogen) atoms. The fourth-order valence-electron chi connectivity index (χ4n) is 1.31. The van der Waals surface area contributed by atoms with Gasteiger partial charge in [0.1, 0.15) is 0 Å². The predicted octanol–water partition coefficient (Wildman–Crippen LogP) is 1.65. The van der Waals surface area contributed by atoms with Crippen LogP contribution in [0, 0.1) is 12.3 Å². The van der Waals surface area contributed by atoms with E-state index in [1.54, 1.807) is 24.3 Å². The predicted molar refractivity (Wildman–Crippen MR) is 73.8 cm³/mol. The third kappa shape index (κ3) is 4.08. The molecule has 4 nitrogen and oxygen atoms in total. The smallest absolute Gasteiger partial charge is 0.240 e. The number of nitrogens with one attached hydrogen (secondary N) is 1. The number of aryl methyl sites for hydroxylation is 1. The Kier molecular flexibility index (Phi) is 4.53. The van der Waals surface area contributed by atoms with Gasteiger partial charge in [-0.25, -0.2) is 13.1 Å². The van der Waals surface area contributed by atoms with Gasteiger partial charge in [-0.1, -0.05) is 38.5 Å². The third-order valence-electron chi connectivity index (χ3n) is 2.94. The van der Waals surface area contributed by atoms with Crippen LogP contribution < -0.4 is 10.5 Å². The molecule has 0 saturated carbocycles. The zero-order valence-electron chi connectivity index (χ0n) is 11.4. The van der Waals surface area contributed by atoms with Gasteiger partial charge < -0.3 is 5.73 Å². The maximum atomic E-state index is 12.0. The highest BCUT2D eigenvalue weighted by atomic mass is 32.2. The number of hydrogen-bond donors (Lipinski definition) is 2. The fraction of sp³-hybridized carbons (Fsp3) is 0.538. The molecule has 0 aliphatic carbocycles. The van der Waals surface area contributed by atoms with Gasteiger partial charge in [-0.3, -0.25) is 0 Å². The molecule has 0 unspecified atom stereocenters. The quantitative estimate of drug-likeness (QED) is 0.873. The van der Waals surface area contributed by atoms with Crippen molar-refractivity contribution in [3.8, 4) is 0 Å². The Hall–Kier alpha value is -0.910. The molecule has 1 aromatic carbocycles. The number of rotatable bonds is 4. The van der Waals surface area contributed by atoms with Gasteiger partial charge in [-0.2, -0.15) is 0 Å². The summed E-state index contributed by atoms with van der Waals surface area (Å²) in [6.45, 7) is 8.10. The molecule has 1 rings (SSSR count). The molecule has 0 aromatic heterocycles. The van der Waals surface area contributed by atoms with Crippen LogP contribution in [0.2, 0.25) is 0 Å².